The minimum absolute atomic E-state index is 0.0767. The van der Waals surface area contributed by atoms with Crippen LogP contribution in [0.5, 0.6) is 0 Å². The van der Waals surface area contributed by atoms with E-state index in [1.165, 1.54) is 22.5 Å². The van der Waals surface area contributed by atoms with Gasteiger partial charge in [0.25, 0.3) is 11.6 Å². The molecule has 2 aromatic carbocycles. The lowest BCUT2D eigenvalue weighted by molar-refractivity contribution is -0.384. The first-order valence-corrected chi connectivity index (χ1v) is 11.3. The number of amides is 1. The van der Waals surface area contributed by atoms with E-state index in [4.69, 9.17) is 0 Å². The van der Waals surface area contributed by atoms with Crippen LogP contribution in [-0.4, -0.2) is 49.7 Å². The van der Waals surface area contributed by atoms with Gasteiger partial charge < -0.3 is 10.1 Å². The van der Waals surface area contributed by atoms with Gasteiger partial charge in [-0.15, -0.1) is 0 Å². The molecular weight excluding hydrogens is 438 g/mol. The first-order chi connectivity index (χ1) is 15.0. The number of methoxy groups -OCH3 is 1. The van der Waals surface area contributed by atoms with Crippen molar-refractivity contribution in [3.8, 4) is 0 Å². The van der Waals surface area contributed by atoms with Gasteiger partial charge >= 0.3 is 5.97 Å². The molecule has 172 valence electrons. The number of benzene rings is 2. The predicted molar refractivity (Wildman–Crippen MR) is 117 cm³/mol. The molecule has 0 saturated heterocycles. The fraction of sp³-hybridized carbons (Fsp3) is 0.333. The van der Waals surface area contributed by atoms with Crippen molar-refractivity contribution in [1.82, 2.24) is 9.62 Å². The normalized spacial score (nSPS) is 12.3. The smallest absolute Gasteiger partial charge is 0.338 e. The van der Waals surface area contributed by atoms with Crippen molar-refractivity contribution in [2.24, 2.45) is 0 Å². The average molecular weight is 464 g/mol. The number of carbonyl (C=O) groups excluding carboxylic acids is 2. The van der Waals surface area contributed by atoms with E-state index in [9.17, 15) is 28.1 Å². The maximum absolute atomic E-state index is 12.7. The van der Waals surface area contributed by atoms with Crippen LogP contribution in [0.1, 0.15) is 53.1 Å². The van der Waals surface area contributed by atoms with E-state index in [-0.39, 0.29) is 16.0 Å². The molecule has 10 nitrogen and oxygen atoms in total. The molecule has 0 heterocycles. The molecule has 0 aliphatic heterocycles. The first kappa shape index (κ1) is 25.0. The van der Waals surface area contributed by atoms with Crippen LogP contribution in [-0.2, 0) is 14.8 Å². The molecule has 32 heavy (non-hydrogen) atoms. The Morgan fingerprint density at radius 2 is 1.66 bits per heavy atom. The summed E-state index contributed by atoms with van der Waals surface area (Å²) in [5, 5.41) is 13.8. The standard InChI is InChI=1S/C21H25N3O7S/c1-5-23(6-2)32(29,30)19-9-7-15(8-10-19)14(3)22-20(25)16-11-17(21(26)31-4)13-18(12-16)24(27)28/h7-14H,5-6H2,1-4H3,(H,22,25). The fourth-order valence-electron chi connectivity index (χ4n) is 3.09. The molecule has 11 heteroatoms. The quantitative estimate of drug-likeness (QED) is 0.343. The van der Waals surface area contributed by atoms with Gasteiger partial charge in [0, 0.05) is 30.8 Å². The monoisotopic (exact) mass is 463 g/mol. The van der Waals surface area contributed by atoms with Gasteiger partial charge in [-0.25, -0.2) is 13.2 Å². The molecule has 0 aromatic heterocycles. The van der Waals surface area contributed by atoms with Crippen LogP contribution < -0.4 is 5.32 Å². The third-order valence-electron chi connectivity index (χ3n) is 4.88. The summed E-state index contributed by atoms with van der Waals surface area (Å²) in [6, 6.07) is 8.88. The average Bonchev–Trinajstić information content (AvgIpc) is 2.78. The number of non-ortho nitro benzene ring substituents is 1. The van der Waals surface area contributed by atoms with Gasteiger partial charge in [-0.3, -0.25) is 14.9 Å². The second kappa shape index (κ2) is 10.3. The van der Waals surface area contributed by atoms with Crippen LogP contribution >= 0.6 is 0 Å². The van der Waals surface area contributed by atoms with E-state index in [1.54, 1.807) is 32.9 Å². The van der Waals surface area contributed by atoms with Crippen LogP contribution in [0.3, 0.4) is 0 Å². The number of rotatable bonds is 9. The van der Waals surface area contributed by atoms with Crippen LogP contribution in [0.25, 0.3) is 0 Å². The zero-order valence-corrected chi connectivity index (χ0v) is 19.0. The number of hydrogen-bond acceptors (Lipinski definition) is 7. The van der Waals surface area contributed by atoms with E-state index in [0.717, 1.165) is 19.2 Å². The van der Waals surface area contributed by atoms with Gasteiger partial charge in [-0.1, -0.05) is 26.0 Å². The van der Waals surface area contributed by atoms with E-state index < -0.39 is 38.6 Å². The van der Waals surface area contributed by atoms with E-state index in [2.05, 4.69) is 10.1 Å². The molecule has 0 aliphatic carbocycles. The number of esters is 1. The Labute approximate surface area is 186 Å². The summed E-state index contributed by atoms with van der Waals surface area (Å²) in [6.07, 6.45) is 0. The van der Waals surface area contributed by atoms with Crippen LogP contribution in [0, 0.1) is 10.1 Å². The van der Waals surface area contributed by atoms with Gasteiger partial charge in [-0.2, -0.15) is 4.31 Å². The highest BCUT2D eigenvalue weighted by Crippen LogP contribution is 2.22. The molecule has 2 rings (SSSR count). The number of nitro groups is 1. The fourth-order valence-corrected chi connectivity index (χ4v) is 4.55. The number of nitrogens with one attached hydrogen (secondary N) is 1. The topological polar surface area (TPSA) is 136 Å². The Morgan fingerprint density at radius 3 is 2.16 bits per heavy atom. The Balaban J connectivity index is 2.25. The molecule has 0 spiro atoms. The number of nitro benzene ring substituents is 1. The van der Waals surface area contributed by atoms with Crippen molar-refractivity contribution in [1.29, 1.82) is 0 Å². The molecule has 2 aromatic rings. The summed E-state index contributed by atoms with van der Waals surface area (Å²) in [7, 11) is -2.47. The maximum Gasteiger partial charge on any atom is 0.338 e. The van der Waals surface area contributed by atoms with Gasteiger partial charge in [0.2, 0.25) is 10.0 Å². The van der Waals surface area contributed by atoms with E-state index >= 15 is 0 Å². The minimum Gasteiger partial charge on any atom is -0.465 e. The third kappa shape index (κ3) is 5.48. The molecule has 1 unspecified atom stereocenters. The number of ether oxygens (including phenoxy) is 1. The van der Waals surface area contributed by atoms with Crippen molar-refractivity contribution >= 4 is 27.6 Å². The molecule has 0 fully saturated rings. The lowest BCUT2D eigenvalue weighted by atomic mass is 10.1. The SMILES string of the molecule is CCN(CC)S(=O)(=O)c1ccc(C(C)NC(=O)c2cc(C(=O)OC)cc([N+](=O)[O-])c2)cc1. The Hall–Kier alpha value is -3.31. The molecule has 1 amide bonds. The van der Waals surface area contributed by atoms with Crippen molar-refractivity contribution < 1.29 is 27.7 Å². The summed E-state index contributed by atoms with van der Waals surface area (Å²) in [6.45, 7) is 5.90. The zero-order valence-electron chi connectivity index (χ0n) is 18.2. The number of sulfonamides is 1. The number of nitrogens with zero attached hydrogens (tertiary/aromatic N) is 2. The van der Waals surface area contributed by atoms with Crippen molar-refractivity contribution in [3.63, 3.8) is 0 Å². The second-order valence-electron chi connectivity index (χ2n) is 6.87. The van der Waals surface area contributed by atoms with Crippen LogP contribution in [0.4, 0.5) is 5.69 Å². The molecule has 1 atom stereocenters. The summed E-state index contributed by atoms with van der Waals surface area (Å²) >= 11 is 0. The summed E-state index contributed by atoms with van der Waals surface area (Å²) in [5.41, 5.74) is 0.0183. The van der Waals surface area contributed by atoms with E-state index in [0.29, 0.717) is 18.7 Å². The van der Waals surface area contributed by atoms with Gasteiger partial charge in [0.15, 0.2) is 0 Å². The highest BCUT2D eigenvalue weighted by atomic mass is 32.2. The lowest BCUT2D eigenvalue weighted by Gasteiger charge is -2.19. The maximum atomic E-state index is 12.7. The molecule has 0 radical (unpaired) electrons. The Bertz CT molecular complexity index is 1110. The largest absolute Gasteiger partial charge is 0.465 e. The number of carbonyl (C=O) groups is 2. The highest BCUT2D eigenvalue weighted by molar-refractivity contribution is 7.89. The molecule has 0 bridgehead atoms. The Morgan fingerprint density at radius 1 is 1.09 bits per heavy atom. The lowest BCUT2D eigenvalue weighted by Crippen LogP contribution is -2.30. The van der Waals surface area contributed by atoms with Crippen LogP contribution in [0.15, 0.2) is 47.4 Å². The molecule has 0 aliphatic rings. The van der Waals surface area contributed by atoms with Crippen molar-refractivity contribution in [2.75, 3.05) is 20.2 Å². The summed E-state index contributed by atoms with van der Waals surface area (Å²) in [4.78, 5) is 35.0. The summed E-state index contributed by atoms with van der Waals surface area (Å²) in [5.74, 6) is -1.44. The number of hydrogen-bond donors (Lipinski definition) is 1. The second-order valence-corrected chi connectivity index (χ2v) is 8.81. The van der Waals surface area contributed by atoms with Gasteiger partial charge in [0.1, 0.15) is 0 Å². The molecule has 1 N–H and O–H groups in total. The van der Waals surface area contributed by atoms with Crippen molar-refractivity contribution in [2.45, 2.75) is 31.7 Å². The zero-order chi connectivity index (χ0) is 24.1. The summed E-state index contributed by atoms with van der Waals surface area (Å²) < 4.78 is 31.1. The molecular formula is C21H25N3O7S. The molecule has 0 saturated carbocycles. The minimum atomic E-state index is -3.60. The van der Waals surface area contributed by atoms with Gasteiger partial charge in [0.05, 0.1) is 28.5 Å². The van der Waals surface area contributed by atoms with E-state index in [1.807, 2.05) is 0 Å². The third-order valence-corrected chi connectivity index (χ3v) is 6.95. The van der Waals surface area contributed by atoms with Crippen molar-refractivity contribution in [3.05, 3.63) is 69.3 Å². The van der Waals surface area contributed by atoms with Crippen LogP contribution in [0.2, 0.25) is 0 Å². The Kier molecular flexibility index (Phi) is 8.06. The van der Waals surface area contributed by atoms with Gasteiger partial charge in [-0.05, 0) is 30.7 Å². The predicted octanol–water partition coefficient (Wildman–Crippen LogP) is 2.90. The highest BCUT2D eigenvalue weighted by Gasteiger charge is 2.23. The first-order valence-electron chi connectivity index (χ1n) is 9.83.